The van der Waals surface area contributed by atoms with E-state index in [-0.39, 0.29) is 45.7 Å². The summed E-state index contributed by atoms with van der Waals surface area (Å²) >= 11 is 0. The topological polar surface area (TPSA) is 41.6 Å². The second kappa shape index (κ2) is 5.69. The standard InChI is InChI=1S/C10H18N2O2.2BrH/c1-10(2,3)14-9(13)12-6-7-4-8(12)5-11-7;;/h7-8,11H,4-6H2,1-3H3;2*1H. The lowest BCUT2D eigenvalue weighted by Gasteiger charge is -2.30. The highest BCUT2D eigenvalue weighted by Crippen LogP contribution is 2.25. The molecule has 1 N–H and O–H groups in total. The van der Waals surface area contributed by atoms with Crippen LogP contribution in [0.1, 0.15) is 27.2 Å². The van der Waals surface area contributed by atoms with Gasteiger partial charge in [-0.2, -0.15) is 0 Å². The molecule has 2 aliphatic heterocycles. The van der Waals surface area contributed by atoms with Crippen molar-refractivity contribution in [2.45, 2.75) is 44.9 Å². The van der Waals surface area contributed by atoms with Crippen LogP contribution in [0.15, 0.2) is 0 Å². The highest BCUT2D eigenvalue weighted by atomic mass is 79.9. The molecule has 2 heterocycles. The minimum absolute atomic E-state index is 0. The Labute approximate surface area is 118 Å². The van der Waals surface area contributed by atoms with Crippen molar-refractivity contribution in [3.8, 4) is 0 Å². The summed E-state index contributed by atoms with van der Waals surface area (Å²) in [5.41, 5.74) is -0.383. The zero-order chi connectivity index (χ0) is 10.3. The third kappa shape index (κ3) is 3.60. The lowest BCUT2D eigenvalue weighted by molar-refractivity contribution is 0.0204. The molecule has 96 valence electrons. The zero-order valence-corrected chi connectivity index (χ0v) is 13.3. The quantitative estimate of drug-likeness (QED) is 0.720. The highest BCUT2D eigenvalue weighted by Gasteiger charge is 2.41. The van der Waals surface area contributed by atoms with E-state index in [1.165, 1.54) is 0 Å². The molecular formula is C10H20Br2N2O2. The van der Waals surface area contributed by atoms with E-state index in [1.54, 1.807) is 0 Å². The summed E-state index contributed by atoms with van der Waals surface area (Å²) in [6.07, 6.45) is 0.922. The molecule has 2 aliphatic rings. The Bertz CT molecular complexity index is 256. The molecule has 0 spiro atoms. The first kappa shape index (κ1) is 16.2. The molecule has 4 nitrogen and oxygen atoms in total. The molecule has 2 rings (SSSR count). The van der Waals surface area contributed by atoms with E-state index in [1.807, 2.05) is 25.7 Å². The number of carbonyl (C=O) groups excluding carboxylic acids is 1. The van der Waals surface area contributed by atoms with Gasteiger partial charge in [0.2, 0.25) is 0 Å². The van der Waals surface area contributed by atoms with Crippen molar-refractivity contribution in [3.63, 3.8) is 0 Å². The number of hydrogen-bond donors (Lipinski definition) is 1. The van der Waals surface area contributed by atoms with Crippen molar-refractivity contribution in [2.24, 2.45) is 0 Å². The molecule has 0 saturated carbocycles. The van der Waals surface area contributed by atoms with Crippen molar-refractivity contribution < 1.29 is 9.53 Å². The number of likely N-dealkylation sites (tertiary alicyclic amines) is 1. The van der Waals surface area contributed by atoms with Gasteiger partial charge < -0.3 is 15.0 Å². The fourth-order valence-electron chi connectivity index (χ4n) is 2.10. The van der Waals surface area contributed by atoms with Crippen LogP contribution >= 0.6 is 34.0 Å². The first-order valence-corrected chi connectivity index (χ1v) is 5.19. The van der Waals surface area contributed by atoms with Gasteiger partial charge >= 0.3 is 6.09 Å². The van der Waals surface area contributed by atoms with E-state index in [4.69, 9.17) is 4.74 Å². The molecule has 0 aliphatic carbocycles. The summed E-state index contributed by atoms with van der Waals surface area (Å²) in [5, 5.41) is 3.35. The van der Waals surface area contributed by atoms with Crippen molar-refractivity contribution >= 4 is 40.1 Å². The molecule has 2 atom stereocenters. The fourth-order valence-corrected chi connectivity index (χ4v) is 2.10. The normalized spacial score (nSPS) is 27.1. The SMILES string of the molecule is Br.Br.CC(C)(C)OC(=O)N1CC2CC1CN2. The second-order valence-corrected chi connectivity index (χ2v) is 5.13. The minimum atomic E-state index is -0.383. The van der Waals surface area contributed by atoms with Gasteiger partial charge in [0.15, 0.2) is 0 Å². The summed E-state index contributed by atoms with van der Waals surface area (Å²) in [6.45, 7) is 7.43. The highest BCUT2D eigenvalue weighted by molar-refractivity contribution is 8.93. The summed E-state index contributed by atoms with van der Waals surface area (Å²) in [6, 6.07) is 0.849. The molecule has 2 unspecified atom stereocenters. The molecule has 2 fully saturated rings. The van der Waals surface area contributed by atoms with Gasteiger partial charge in [-0.15, -0.1) is 34.0 Å². The average Bonchev–Trinajstić information content (AvgIpc) is 2.59. The van der Waals surface area contributed by atoms with Gasteiger partial charge in [0.1, 0.15) is 5.60 Å². The molecule has 0 radical (unpaired) electrons. The summed E-state index contributed by atoms with van der Waals surface area (Å²) in [7, 11) is 0. The number of nitrogens with zero attached hydrogens (tertiary/aromatic N) is 1. The molecule has 0 aromatic heterocycles. The number of rotatable bonds is 0. The minimum Gasteiger partial charge on any atom is -0.444 e. The third-order valence-corrected chi connectivity index (χ3v) is 2.68. The van der Waals surface area contributed by atoms with Crippen LogP contribution in [0.2, 0.25) is 0 Å². The first-order valence-electron chi connectivity index (χ1n) is 5.19. The number of carbonyl (C=O) groups is 1. The van der Waals surface area contributed by atoms with Crippen LogP contribution in [0.5, 0.6) is 0 Å². The molecule has 16 heavy (non-hydrogen) atoms. The maximum atomic E-state index is 11.7. The fraction of sp³-hybridized carbons (Fsp3) is 0.900. The number of ether oxygens (including phenoxy) is 1. The number of halogens is 2. The van der Waals surface area contributed by atoms with E-state index in [0.29, 0.717) is 12.1 Å². The van der Waals surface area contributed by atoms with E-state index < -0.39 is 0 Å². The van der Waals surface area contributed by atoms with E-state index in [0.717, 1.165) is 19.5 Å². The van der Waals surface area contributed by atoms with E-state index in [2.05, 4.69) is 5.32 Å². The maximum Gasteiger partial charge on any atom is 0.410 e. The lowest BCUT2D eigenvalue weighted by Crippen LogP contribution is -2.48. The van der Waals surface area contributed by atoms with Crippen molar-refractivity contribution in [2.75, 3.05) is 13.1 Å². The van der Waals surface area contributed by atoms with E-state index in [9.17, 15) is 4.79 Å². The van der Waals surface area contributed by atoms with Gasteiger partial charge in [-0.25, -0.2) is 4.79 Å². The Morgan fingerprint density at radius 3 is 2.38 bits per heavy atom. The van der Waals surface area contributed by atoms with Crippen LogP contribution < -0.4 is 5.32 Å². The molecule has 1 amide bonds. The monoisotopic (exact) mass is 358 g/mol. The van der Waals surface area contributed by atoms with Crippen LogP contribution in [0.3, 0.4) is 0 Å². The van der Waals surface area contributed by atoms with Crippen molar-refractivity contribution in [1.82, 2.24) is 10.2 Å². The van der Waals surface area contributed by atoms with Crippen LogP contribution in [-0.4, -0.2) is 41.8 Å². The third-order valence-electron chi connectivity index (χ3n) is 2.68. The number of fused-ring (bicyclic) bond motifs is 2. The van der Waals surface area contributed by atoms with Crippen molar-refractivity contribution in [1.29, 1.82) is 0 Å². The Morgan fingerprint density at radius 1 is 1.38 bits per heavy atom. The molecule has 0 aromatic carbocycles. The van der Waals surface area contributed by atoms with Gasteiger partial charge in [0.05, 0.1) is 0 Å². The van der Waals surface area contributed by atoms with Gasteiger partial charge in [-0.05, 0) is 27.2 Å². The number of amides is 1. The Kier molecular flexibility index (Phi) is 5.76. The van der Waals surface area contributed by atoms with E-state index >= 15 is 0 Å². The van der Waals surface area contributed by atoms with Gasteiger partial charge in [-0.1, -0.05) is 0 Å². The maximum absolute atomic E-state index is 11.7. The summed E-state index contributed by atoms with van der Waals surface area (Å²) in [4.78, 5) is 13.6. The van der Waals surface area contributed by atoms with Gasteiger partial charge in [0.25, 0.3) is 0 Å². The lowest BCUT2D eigenvalue weighted by atomic mass is 10.2. The largest absolute Gasteiger partial charge is 0.444 e. The van der Waals surface area contributed by atoms with Crippen LogP contribution in [-0.2, 0) is 4.74 Å². The molecule has 2 bridgehead atoms. The number of hydrogen-bond acceptors (Lipinski definition) is 3. The number of nitrogens with one attached hydrogen (secondary N) is 1. The van der Waals surface area contributed by atoms with Gasteiger partial charge in [0, 0.05) is 25.2 Å². The molecule has 0 aromatic rings. The molecular weight excluding hydrogens is 340 g/mol. The second-order valence-electron chi connectivity index (χ2n) is 5.13. The Balaban J connectivity index is 0.00000112. The Morgan fingerprint density at radius 2 is 2.00 bits per heavy atom. The van der Waals surface area contributed by atoms with Gasteiger partial charge in [-0.3, -0.25) is 0 Å². The predicted octanol–water partition coefficient (Wildman–Crippen LogP) is 2.12. The predicted molar refractivity (Wildman–Crippen MR) is 73.8 cm³/mol. The Hall–Kier alpha value is 0.190. The molecule has 2 saturated heterocycles. The van der Waals surface area contributed by atoms with Crippen molar-refractivity contribution in [3.05, 3.63) is 0 Å². The number of piperazine rings is 1. The smallest absolute Gasteiger partial charge is 0.410 e. The summed E-state index contributed by atoms with van der Waals surface area (Å²) < 4.78 is 5.33. The summed E-state index contributed by atoms with van der Waals surface area (Å²) in [5.74, 6) is 0. The van der Waals surface area contributed by atoms with Crippen LogP contribution in [0.4, 0.5) is 4.79 Å². The van der Waals surface area contributed by atoms with Crippen LogP contribution in [0.25, 0.3) is 0 Å². The zero-order valence-electron chi connectivity index (χ0n) is 9.86. The first-order chi connectivity index (χ1) is 6.46. The average molecular weight is 360 g/mol. The molecule has 6 heteroatoms. The van der Waals surface area contributed by atoms with Crippen LogP contribution in [0, 0.1) is 0 Å².